The van der Waals surface area contributed by atoms with Crippen LogP contribution in [-0.2, 0) is 16.8 Å². The van der Waals surface area contributed by atoms with Gasteiger partial charge >= 0.3 is 0 Å². The molecule has 0 bridgehead atoms. The van der Waals surface area contributed by atoms with E-state index < -0.39 is 10.8 Å². The summed E-state index contributed by atoms with van der Waals surface area (Å²) >= 11 is 1.09. The van der Waals surface area contributed by atoms with Crippen molar-refractivity contribution >= 4 is 40.0 Å². The first kappa shape index (κ1) is 30.3. The van der Waals surface area contributed by atoms with Crippen molar-refractivity contribution in [3.63, 3.8) is 0 Å². The number of rotatable bonds is 11. The summed E-state index contributed by atoms with van der Waals surface area (Å²) in [5, 5.41) is -0.825. The minimum Gasteiger partial charge on any atom is -0.492 e. The van der Waals surface area contributed by atoms with Crippen LogP contribution in [0.1, 0.15) is 22.3 Å². The number of anilines is 1. The van der Waals surface area contributed by atoms with E-state index >= 15 is 0 Å². The molecule has 1 unspecified atom stereocenters. The zero-order valence-electron chi connectivity index (χ0n) is 25.9. The second-order valence-corrected chi connectivity index (χ2v) is 12.6. The Bertz CT molecular complexity index is 1850. The van der Waals surface area contributed by atoms with Crippen molar-refractivity contribution in [1.82, 2.24) is 9.88 Å². The van der Waals surface area contributed by atoms with Crippen molar-refractivity contribution in [2.45, 2.75) is 17.2 Å². The Hall–Kier alpha value is -5.34. The molecule has 6 aromatic rings. The average Bonchev–Trinajstić information content (AvgIpc) is 3.68. The largest absolute Gasteiger partial charge is 0.492 e. The minimum atomic E-state index is -1.12. The van der Waals surface area contributed by atoms with Crippen LogP contribution in [0.2, 0.25) is 0 Å². The predicted molar refractivity (Wildman–Crippen MR) is 186 cm³/mol. The van der Waals surface area contributed by atoms with Gasteiger partial charge in [-0.15, -0.1) is 0 Å². The molecule has 1 saturated heterocycles. The van der Waals surface area contributed by atoms with Gasteiger partial charge < -0.3 is 14.1 Å². The Balaban J connectivity index is 1.08. The number of oxazole rings is 1. The predicted octanol–water partition coefficient (Wildman–Crippen LogP) is 7.94. The second-order valence-electron chi connectivity index (χ2n) is 11.4. The lowest BCUT2D eigenvalue weighted by molar-refractivity contribution is -0.129. The van der Waals surface area contributed by atoms with Crippen LogP contribution < -0.4 is 9.64 Å². The smallest absolute Gasteiger partial charge is 0.298 e. The summed E-state index contributed by atoms with van der Waals surface area (Å²) in [5.41, 5.74) is 3.95. The van der Waals surface area contributed by atoms with E-state index in [2.05, 4.69) is 4.98 Å². The van der Waals surface area contributed by atoms with E-state index in [1.165, 1.54) is 4.90 Å². The summed E-state index contributed by atoms with van der Waals surface area (Å²) in [6.07, 6.45) is 0.418. The van der Waals surface area contributed by atoms with E-state index in [0.717, 1.165) is 50.9 Å². The number of carbonyl (C=O) groups is 2. The van der Waals surface area contributed by atoms with Crippen molar-refractivity contribution in [2.24, 2.45) is 0 Å². The van der Waals surface area contributed by atoms with Gasteiger partial charge in [0, 0.05) is 7.05 Å². The number of carbonyl (C=O) groups excluding carboxylic acids is 2. The summed E-state index contributed by atoms with van der Waals surface area (Å²) in [5.74, 6) is 0.512. The van der Waals surface area contributed by atoms with E-state index in [4.69, 9.17) is 9.15 Å². The third-order valence-corrected chi connectivity index (χ3v) is 9.52. The van der Waals surface area contributed by atoms with Gasteiger partial charge in [-0.25, -0.2) is 0 Å². The molecule has 234 valence electrons. The van der Waals surface area contributed by atoms with E-state index in [9.17, 15) is 9.59 Å². The molecule has 47 heavy (non-hydrogen) atoms. The molecule has 2 amide bonds. The van der Waals surface area contributed by atoms with Gasteiger partial charge in [0.1, 0.15) is 23.4 Å². The topological polar surface area (TPSA) is 75.9 Å². The number of likely N-dealkylation sites (N-methyl/N-ethyl adjacent to an activating group) is 1. The molecule has 2 heterocycles. The number of nitrogens with zero attached hydrogens (tertiary/aromatic N) is 3. The van der Waals surface area contributed by atoms with Gasteiger partial charge in [0.15, 0.2) is 5.58 Å². The lowest BCUT2D eigenvalue weighted by atomic mass is 9.75. The molecule has 1 atom stereocenters. The maximum absolute atomic E-state index is 14.4. The first-order valence-corrected chi connectivity index (χ1v) is 16.4. The molecule has 0 aliphatic carbocycles. The van der Waals surface area contributed by atoms with Crippen LogP contribution >= 0.6 is 11.8 Å². The molecule has 0 saturated carbocycles. The van der Waals surface area contributed by atoms with Gasteiger partial charge in [0.25, 0.3) is 11.3 Å². The lowest BCUT2D eigenvalue weighted by Crippen LogP contribution is -2.51. The van der Waals surface area contributed by atoms with E-state index in [0.29, 0.717) is 25.6 Å². The Morgan fingerprint density at radius 3 is 1.89 bits per heavy atom. The van der Waals surface area contributed by atoms with Gasteiger partial charge in [0.2, 0.25) is 5.91 Å². The molecule has 8 heteroatoms. The summed E-state index contributed by atoms with van der Waals surface area (Å²) in [4.78, 5) is 36.3. The Labute approximate surface area is 277 Å². The summed E-state index contributed by atoms with van der Waals surface area (Å²) in [7, 11) is 1.92. The Morgan fingerprint density at radius 2 is 1.32 bits per heavy atom. The van der Waals surface area contributed by atoms with Crippen LogP contribution in [0.25, 0.3) is 11.1 Å². The second kappa shape index (κ2) is 13.2. The van der Waals surface area contributed by atoms with Gasteiger partial charge in [-0.1, -0.05) is 127 Å². The zero-order valence-corrected chi connectivity index (χ0v) is 26.7. The molecule has 1 aliphatic heterocycles. The number of imide groups is 1. The normalized spacial score (nSPS) is 14.9. The van der Waals surface area contributed by atoms with Crippen LogP contribution in [0.4, 0.5) is 10.8 Å². The maximum atomic E-state index is 14.4. The molecule has 7 rings (SSSR count). The number of hydrogen-bond donors (Lipinski definition) is 0. The standard InChI is InChI=1S/C39H33N3O4S/c1-41(37-40-33-19-11-12-20-34(33)46-37)25-26-45-32-23-21-28(22-24-32)27-35-36(43)42(38(44)47-35)39(29-13-5-2-6-14-29,30-15-7-3-8-16-30)31-17-9-4-10-18-31/h2-24,35H,25-27H2,1H3. The fraction of sp³-hybridized carbons (Fsp3) is 0.154. The van der Waals surface area contributed by atoms with Crippen molar-refractivity contribution in [1.29, 1.82) is 0 Å². The van der Waals surface area contributed by atoms with Crippen molar-refractivity contribution in [2.75, 3.05) is 25.1 Å². The molecule has 1 aromatic heterocycles. The highest BCUT2D eigenvalue weighted by atomic mass is 32.2. The number of thioether (sulfide) groups is 1. The minimum absolute atomic E-state index is 0.209. The quantitative estimate of drug-likeness (QED) is 0.133. The van der Waals surface area contributed by atoms with E-state index in [1.807, 2.05) is 151 Å². The SMILES string of the molecule is CN(CCOc1ccc(CC2SC(=O)N(C(c3ccccc3)(c3ccccc3)c3ccccc3)C2=O)cc1)c1nc2ccccc2o1. The highest BCUT2D eigenvalue weighted by molar-refractivity contribution is 8.15. The molecule has 5 aromatic carbocycles. The van der Waals surface area contributed by atoms with Crippen LogP contribution in [0.5, 0.6) is 5.75 Å². The molecule has 1 aliphatic rings. The number of aromatic nitrogens is 1. The summed E-state index contributed by atoms with van der Waals surface area (Å²) in [6.45, 7) is 1.03. The lowest BCUT2D eigenvalue weighted by Gasteiger charge is -2.42. The number of fused-ring (bicyclic) bond motifs is 1. The molecule has 7 nitrogen and oxygen atoms in total. The Kier molecular flexibility index (Phi) is 8.50. The van der Waals surface area contributed by atoms with Gasteiger partial charge in [-0.3, -0.25) is 14.5 Å². The Morgan fingerprint density at radius 1 is 0.766 bits per heavy atom. The molecular formula is C39H33N3O4S. The van der Waals surface area contributed by atoms with E-state index in [1.54, 1.807) is 0 Å². The molecule has 1 fully saturated rings. The maximum Gasteiger partial charge on any atom is 0.298 e. The highest BCUT2D eigenvalue weighted by Crippen LogP contribution is 2.47. The fourth-order valence-corrected chi connectivity index (χ4v) is 7.23. The number of amides is 2. The number of ether oxygens (including phenoxy) is 1. The fourth-order valence-electron chi connectivity index (χ4n) is 6.17. The van der Waals surface area contributed by atoms with Crippen LogP contribution in [-0.4, -0.2) is 46.5 Å². The average molecular weight is 640 g/mol. The van der Waals surface area contributed by atoms with Gasteiger partial charge in [0.05, 0.1) is 11.8 Å². The number of hydrogen-bond acceptors (Lipinski definition) is 7. The van der Waals surface area contributed by atoms with Crippen molar-refractivity contribution in [3.8, 4) is 5.75 Å². The van der Waals surface area contributed by atoms with Crippen molar-refractivity contribution in [3.05, 3.63) is 162 Å². The van der Waals surface area contributed by atoms with Gasteiger partial charge in [-0.2, -0.15) is 4.98 Å². The molecule has 0 spiro atoms. The monoisotopic (exact) mass is 639 g/mol. The number of para-hydroxylation sites is 2. The third-order valence-electron chi connectivity index (χ3n) is 8.48. The number of benzene rings is 5. The highest BCUT2D eigenvalue weighted by Gasteiger charge is 2.53. The van der Waals surface area contributed by atoms with Crippen LogP contribution in [0.15, 0.2) is 144 Å². The first-order valence-electron chi connectivity index (χ1n) is 15.5. The van der Waals surface area contributed by atoms with E-state index in [-0.39, 0.29) is 11.1 Å². The molecule has 0 N–H and O–H groups in total. The van der Waals surface area contributed by atoms with Crippen molar-refractivity contribution < 1.29 is 18.7 Å². The first-order chi connectivity index (χ1) is 23.0. The zero-order chi connectivity index (χ0) is 32.2. The van der Waals surface area contributed by atoms with Gasteiger partial charge in [-0.05, 0) is 52.9 Å². The summed E-state index contributed by atoms with van der Waals surface area (Å²) in [6, 6.07) is 45.4. The third kappa shape index (κ3) is 5.88. The summed E-state index contributed by atoms with van der Waals surface area (Å²) < 4.78 is 11.8. The molecular weight excluding hydrogens is 607 g/mol. The van der Waals surface area contributed by atoms with Crippen LogP contribution in [0.3, 0.4) is 0 Å². The van der Waals surface area contributed by atoms with Crippen LogP contribution in [0, 0.1) is 0 Å². The molecule has 0 radical (unpaired) electrons.